The van der Waals surface area contributed by atoms with Crippen LogP contribution >= 0.6 is 35.3 Å². The Balaban J connectivity index is 0.00000256. The van der Waals surface area contributed by atoms with Gasteiger partial charge in [0.2, 0.25) is 5.91 Å². The van der Waals surface area contributed by atoms with Crippen molar-refractivity contribution in [2.24, 2.45) is 5.73 Å². The first-order valence-corrected chi connectivity index (χ1v) is 6.54. The number of nitrogens with two attached hydrogens (primary N) is 1. The van der Waals surface area contributed by atoms with Crippen molar-refractivity contribution in [2.75, 3.05) is 6.54 Å². The molecule has 0 aliphatic rings. The Morgan fingerprint density at radius 2 is 2.29 bits per heavy atom. The molecule has 1 aromatic rings. The third-order valence-electron chi connectivity index (χ3n) is 2.15. The van der Waals surface area contributed by atoms with Gasteiger partial charge in [-0.15, -0.1) is 23.7 Å². The van der Waals surface area contributed by atoms with Gasteiger partial charge in [0.15, 0.2) is 0 Å². The molecule has 17 heavy (non-hydrogen) atoms. The maximum absolute atomic E-state index is 11.4. The third kappa shape index (κ3) is 7.60. The Morgan fingerprint density at radius 3 is 2.82 bits per heavy atom. The van der Waals surface area contributed by atoms with Crippen molar-refractivity contribution in [1.29, 1.82) is 0 Å². The summed E-state index contributed by atoms with van der Waals surface area (Å²) in [5, 5.41) is 2.84. The van der Waals surface area contributed by atoms with Crippen molar-refractivity contribution in [2.45, 2.75) is 32.2 Å². The van der Waals surface area contributed by atoms with E-state index in [1.807, 2.05) is 19.1 Å². The van der Waals surface area contributed by atoms with Crippen LogP contribution in [-0.4, -0.2) is 18.5 Å². The quantitative estimate of drug-likeness (QED) is 0.848. The summed E-state index contributed by atoms with van der Waals surface area (Å²) in [6.07, 6.45) is 2.08. The Labute approximate surface area is 117 Å². The van der Waals surface area contributed by atoms with Gasteiger partial charge < -0.3 is 11.1 Å². The number of amides is 1. The molecule has 1 heterocycles. The molecular formula is C11H18Cl2N2OS. The Morgan fingerprint density at radius 1 is 1.59 bits per heavy atom. The van der Waals surface area contributed by atoms with E-state index < -0.39 is 0 Å². The first-order valence-electron chi connectivity index (χ1n) is 5.34. The molecule has 0 radical (unpaired) electrons. The third-order valence-corrected chi connectivity index (χ3v) is 3.44. The number of hydrogen-bond donors (Lipinski definition) is 2. The van der Waals surface area contributed by atoms with Crippen molar-refractivity contribution < 1.29 is 4.79 Å². The van der Waals surface area contributed by atoms with Gasteiger partial charge in [-0.05, 0) is 31.9 Å². The molecule has 1 rings (SSSR count). The SMILES string of the molecule is CC(N)CCNC(=O)CCc1ccc(Cl)s1.Cl. The van der Waals surface area contributed by atoms with E-state index in [1.54, 1.807) is 0 Å². The summed E-state index contributed by atoms with van der Waals surface area (Å²) in [6.45, 7) is 2.58. The molecule has 0 spiro atoms. The zero-order valence-corrected chi connectivity index (χ0v) is 12.1. The van der Waals surface area contributed by atoms with E-state index in [4.69, 9.17) is 17.3 Å². The Bertz CT molecular complexity index is 342. The minimum absolute atomic E-state index is 0. The predicted molar refractivity (Wildman–Crippen MR) is 76.2 cm³/mol. The summed E-state index contributed by atoms with van der Waals surface area (Å²) < 4.78 is 0.771. The molecule has 1 unspecified atom stereocenters. The lowest BCUT2D eigenvalue weighted by atomic mass is 10.2. The number of carbonyl (C=O) groups excluding carboxylic acids is 1. The molecule has 0 aromatic carbocycles. The van der Waals surface area contributed by atoms with Gasteiger partial charge in [0, 0.05) is 23.9 Å². The first kappa shape index (κ1) is 16.7. The van der Waals surface area contributed by atoms with Gasteiger partial charge >= 0.3 is 0 Å². The monoisotopic (exact) mass is 296 g/mol. The average molecular weight is 297 g/mol. The molecule has 0 fully saturated rings. The van der Waals surface area contributed by atoms with Gasteiger partial charge in [0.25, 0.3) is 0 Å². The van der Waals surface area contributed by atoms with Crippen LogP contribution in [0.4, 0.5) is 0 Å². The zero-order chi connectivity index (χ0) is 12.0. The van der Waals surface area contributed by atoms with Crippen LogP contribution < -0.4 is 11.1 Å². The average Bonchev–Trinajstić information content (AvgIpc) is 2.61. The molecule has 0 bridgehead atoms. The molecule has 1 aromatic heterocycles. The Hall–Kier alpha value is -0.290. The summed E-state index contributed by atoms with van der Waals surface area (Å²) in [5.74, 6) is 0.0742. The molecule has 0 saturated carbocycles. The number of hydrogen-bond acceptors (Lipinski definition) is 3. The summed E-state index contributed by atoms with van der Waals surface area (Å²) >= 11 is 7.32. The van der Waals surface area contributed by atoms with Crippen LogP contribution in [0.2, 0.25) is 4.34 Å². The van der Waals surface area contributed by atoms with Crippen LogP contribution in [0.5, 0.6) is 0 Å². The fourth-order valence-electron chi connectivity index (χ4n) is 1.25. The maximum Gasteiger partial charge on any atom is 0.220 e. The normalized spacial score (nSPS) is 11.7. The van der Waals surface area contributed by atoms with Crippen LogP contribution in [0.15, 0.2) is 12.1 Å². The highest BCUT2D eigenvalue weighted by Gasteiger charge is 2.04. The van der Waals surface area contributed by atoms with Crippen molar-refractivity contribution >= 4 is 41.3 Å². The molecule has 1 amide bonds. The van der Waals surface area contributed by atoms with Crippen LogP contribution in [0.3, 0.4) is 0 Å². The second-order valence-corrected chi connectivity index (χ2v) is 5.62. The van der Waals surface area contributed by atoms with Gasteiger partial charge in [-0.3, -0.25) is 4.79 Å². The van der Waals surface area contributed by atoms with E-state index >= 15 is 0 Å². The predicted octanol–water partition coefficient (Wildman–Crippen LogP) is 2.61. The molecule has 0 aliphatic heterocycles. The van der Waals surface area contributed by atoms with Crippen molar-refractivity contribution in [3.8, 4) is 0 Å². The number of halogens is 2. The van der Waals surface area contributed by atoms with Gasteiger partial charge in [-0.25, -0.2) is 0 Å². The summed E-state index contributed by atoms with van der Waals surface area (Å²) in [7, 11) is 0. The van der Waals surface area contributed by atoms with Gasteiger partial charge in [-0.2, -0.15) is 0 Å². The van der Waals surface area contributed by atoms with Gasteiger partial charge in [0.05, 0.1) is 4.34 Å². The fourth-order valence-corrected chi connectivity index (χ4v) is 2.34. The molecule has 98 valence electrons. The second-order valence-electron chi connectivity index (χ2n) is 3.82. The maximum atomic E-state index is 11.4. The lowest BCUT2D eigenvalue weighted by Gasteiger charge is -2.06. The molecule has 6 heteroatoms. The first-order chi connectivity index (χ1) is 7.58. The number of aryl methyl sites for hydroxylation is 1. The van der Waals surface area contributed by atoms with E-state index in [-0.39, 0.29) is 24.4 Å². The van der Waals surface area contributed by atoms with Crippen LogP contribution in [0.25, 0.3) is 0 Å². The van der Waals surface area contributed by atoms with Gasteiger partial charge in [-0.1, -0.05) is 11.6 Å². The highest BCUT2D eigenvalue weighted by molar-refractivity contribution is 7.16. The smallest absolute Gasteiger partial charge is 0.220 e. The highest BCUT2D eigenvalue weighted by atomic mass is 35.5. The number of nitrogens with one attached hydrogen (secondary N) is 1. The Kier molecular flexibility index (Phi) is 8.60. The van der Waals surface area contributed by atoms with Crippen LogP contribution in [0, 0.1) is 0 Å². The number of carbonyl (C=O) groups is 1. The summed E-state index contributed by atoms with van der Waals surface area (Å²) in [5.41, 5.74) is 5.58. The number of rotatable bonds is 6. The number of thiophene rings is 1. The molecule has 3 nitrogen and oxygen atoms in total. The molecule has 3 N–H and O–H groups in total. The van der Waals surface area contributed by atoms with E-state index in [9.17, 15) is 4.79 Å². The lowest BCUT2D eigenvalue weighted by molar-refractivity contribution is -0.121. The largest absolute Gasteiger partial charge is 0.356 e. The standard InChI is InChI=1S/C11H17ClN2OS.ClH/c1-8(13)6-7-14-11(15)5-3-9-2-4-10(12)16-9;/h2,4,8H,3,5-7,13H2,1H3,(H,14,15);1H. The fraction of sp³-hybridized carbons (Fsp3) is 0.545. The highest BCUT2D eigenvalue weighted by Crippen LogP contribution is 2.22. The van der Waals surface area contributed by atoms with Crippen molar-refractivity contribution in [3.05, 3.63) is 21.3 Å². The van der Waals surface area contributed by atoms with Crippen LogP contribution in [0.1, 0.15) is 24.6 Å². The summed E-state index contributed by atoms with van der Waals surface area (Å²) in [4.78, 5) is 12.6. The van der Waals surface area contributed by atoms with E-state index in [0.29, 0.717) is 13.0 Å². The minimum Gasteiger partial charge on any atom is -0.356 e. The van der Waals surface area contributed by atoms with E-state index in [0.717, 1.165) is 22.1 Å². The van der Waals surface area contributed by atoms with Crippen LogP contribution in [-0.2, 0) is 11.2 Å². The molecule has 1 atom stereocenters. The van der Waals surface area contributed by atoms with E-state index in [1.165, 1.54) is 11.3 Å². The minimum atomic E-state index is 0. The molecule has 0 aliphatic carbocycles. The second kappa shape index (κ2) is 8.75. The molecular weight excluding hydrogens is 279 g/mol. The van der Waals surface area contributed by atoms with Crippen molar-refractivity contribution in [3.63, 3.8) is 0 Å². The summed E-state index contributed by atoms with van der Waals surface area (Å²) in [6, 6.07) is 3.95. The molecule has 0 saturated heterocycles. The van der Waals surface area contributed by atoms with E-state index in [2.05, 4.69) is 5.32 Å². The topological polar surface area (TPSA) is 55.1 Å². The van der Waals surface area contributed by atoms with Gasteiger partial charge in [0.1, 0.15) is 0 Å². The van der Waals surface area contributed by atoms with Crippen molar-refractivity contribution in [1.82, 2.24) is 5.32 Å². The lowest BCUT2D eigenvalue weighted by Crippen LogP contribution is -2.28. The zero-order valence-electron chi connectivity index (χ0n) is 9.74.